The van der Waals surface area contributed by atoms with Gasteiger partial charge < -0.3 is 10.1 Å². The third kappa shape index (κ3) is 6.15. The highest BCUT2D eigenvalue weighted by Crippen LogP contribution is 2.35. The highest BCUT2D eigenvalue weighted by molar-refractivity contribution is 9.11. The number of rotatable bonds is 6. The molecule has 4 rings (SSSR count). The van der Waals surface area contributed by atoms with Gasteiger partial charge in [0, 0.05) is 15.7 Å². The van der Waals surface area contributed by atoms with Crippen LogP contribution in [0.3, 0.4) is 0 Å². The molecule has 1 aliphatic rings. The minimum absolute atomic E-state index is 0.00619. The monoisotopic (exact) mass is 641 g/mol. The summed E-state index contributed by atoms with van der Waals surface area (Å²) in [6, 6.07) is 18.0. The number of para-hydroxylation sites is 1. The van der Waals surface area contributed by atoms with Crippen LogP contribution in [0.25, 0.3) is 6.08 Å². The Morgan fingerprint density at radius 1 is 1.08 bits per heavy atom. The molecule has 1 fully saturated rings. The molecule has 3 aromatic carbocycles. The zero-order valence-corrected chi connectivity index (χ0v) is 23.8. The van der Waals surface area contributed by atoms with Crippen molar-refractivity contribution in [2.24, 2.45) is 0 Å². The molecule has 37 heavy (non-hydrogen) atoms. The predicted molar refractivity (Wildman–Crippen MR) is 155 cm³/mol. The number of aryl methyl sites for hydroxylation is 2. The second-order valence-electron chi connectivity index (χ2n) is 8.25. The topological polar surface area (TPSA) is 87.7 Å². The van der Waals surface area contributed by atoms with Crippen molar-refractivity contribution in [3.8, 4) is 5.75 Å². The quantitative estimate of drug-likeness (QED) is 0.205. The number of amides is 3. The summed E-state index contributed by atoms with van der Waals surface area (Å²) < 4.78 is 7.07. The number of thiocarbonyl (C=S) groups is 1. The van der Waals surface area contributed by atoms with Gasteiger partial charge in [0.2, 0.25) is 0 Å². The lowest BCUT2D eigenvalue weighted by molar-refractivity contribution is -0.122. The van der Waals surface area contributed by atoms with E-state index in [9.17, 15) is 14.4 Å². The molecule has 1 saturated heterocycles. The van der Waals surface area contributed by atoms with Gasteiger partial charge >= 0.3 is 0 Å². The molecule has 0 radical (unpaired) electrons. The molecule has 1 aliphatic heterocycles. The lowest BCUT2D eigenvalue weighted by atomic mass is 10.1. The molecule has 10 heteroatoms. The zero-order valence-electron chi connectivity index (χ0n) is 19.8. The molecule has 188 valence electrons. The second kappa shape index (κ2) is 11.4. The molecule has 0 atom stereocenters. The Bertz CT molecular complexity index is 1460. The van der Waals surface area contributed by atoms with Gasteiger partial charge in [-0.05, 0) is 84.0 Å². The maximum Gasteiger partial charge on any atom is 0.270 e. The van der Waals surface area contributed by atoms with E-state index in [1.54, 1.807) is 36.4 Å². The fraction of sp³-hybridized carbons (Fsp3) is 0.111. The van der Waals surface area contributed by atoms with Gasteiger partial charge in [0.1, 0.15) is 11.3 Å². The molecule has 1 heterocycles. The molecule has 0 aliphatic carbocycles. The van der Waals surface area contributed by atoms with Gasteiger partial charge in [-0.25, -0.2) is 0 Å². The molecule has 2 N–H and O–H groups in total. The molecular formula is C27H21Br2N3O4S. The van der Waals surface area contributed by atoms with E-state index in [0.717, 1.165) is 11.1 Å². The standard InChI is InChI=1S/C27H21Br2N3O4S/c1-15-8-9-22(16(2)10-15)30-23(33)14-36-24-17(11-18(28)13-21(24)29)12-20-25(34)31-27(37)32(26(20)35)19-6-4-3-5-7-19/h3-13H,14H2,1-2H3,(H,30,33)(H,31,34,37)/b20-12-. The SMILES string of the molecule is Cc1ccc(NC(=O)COc2c(Br)cc(Br)cc2/C=C2/C(=O)NC(=S)N(c3ccccc3)C2=O)c(C)c1. The van der Waals surface area contributed by atoms with E-state index in [2.05, 4.69) is 42.5 Å². The van der Waals surface area contributed by atoms with Crippen LogP contribution in [-0.2, 0) is 14.4 Å². The first-order chi connectivity index (χ1) is 17.6. The fourth-order valence-electron chi connectivity index (χ4n) is 3.74. The fourth-order valence-corrected chi connectivity index (χ4v) is 5.40. The van der Waals surface area contributed by atoms with Crippen LogP contribution in [0.4, 0.5) is 11.4 Å². The molecule has 0 aromatic heterocycles. The van der Waals surface area contributed by atoms with Gasteiger partial charge in [-0.15, -0.1) is 0 Å². The summed E-state index contributed by atoms with van der Waals surface area (Å²) in [7, 11) is 0. The number of nitrogens with one attached hydrogen (secondary N) is 2. The summed E-state index contributed by atoms with van der Waals surface area (Å²) in [6.07, 6.45) is 1.42. The van der Waals surface area contributed by atoms with Crippen LogP contribution < -0.4 is 20.3 Å². The number of halogens is 2. The Morgan fingerprint density at radius 2 is 1.81 bits per heavy atom. The first-order valence-electron chi connectivity index (χ1n) is 11.1. The van der Waals surface area contributed by atoms with Crippen LogP contribution in [0.2, 0.25) is 0 Å². The smallest absolute Gasteiger partial charge is 0.270 e. The summed E-state index contributed by atoms with van der Waals surface area (Å²) in [5, 5.41) is 5.40. The van der Waals surface area contributed by atoms with Crippen molar-refractivity contribution in [2.45, 2.75) is 13.8 Å². The Labute approximate surface area is 236 Å². The number of hydrogen-bond acceptors (Lipinski definition) is 5. The number of anilines is 2. The van der Waals surface area contributed by atoms with Crippen LogP contribution in [0.5, 0.6) is 5.75 Å². The van der Waals surface area contributed by atoms with Crippen molar-refractivity contribution in [2.75, 3.05) is 16.8 Å². The van der Waals surface area contributed by atoms with Gasteiger partial charge in [0.25, 0.3) is 17.7 Å². The third-order valence-corrected chi connectivity index (χ3v) is 6.79. The van der Waals surface area contributed by atoms with E-state index in [1.807, 2.05) is 38.1 Å². The number of carbonyl (C=O) groups excluding carboxylic acids is 3. The summed E-state index contributed by atoms with van der Waals surface area (Å²) in [4.78, 5) is 40.0. The average molecular weight is 643 g/mol. The lowest BCUT2D eigenvalue weighted by Crippen LogP contribution is -2.54. The molecule has 7 nitrogen and oxygen atoms in total. The molecule has 0 bridgehead atoms. The van der Waals surface area contributed by atoms with Crippen molar-refractivity contribution in [1.82, 2.24) is 5.32 Å². The lowest BCUT2D eigenvalue weighted by Gasteiger charge is -2.29. The van der Waals surface area contributed by atoms with Crippen LogP contribution >= 0.6 is 44.1 Å². The molecule has 0 saturated carbocycles. The largest absolute Gasteiger partial charge is 0.482 e. The first kappa shape index (κ1) is 26.7. The normalized spacial score (nSPS) is 14.5. The summed E-state index contributed by atoms with van der Waals surface area (Å²) in [5.74, 6) is -1.26. The molecule has 0 spiro atoms. The average Bonchev–Trinajstić information content (AvgIpc) is 2.83. The van der Waals surface area contributed by atoms with E-state index in [0.29, 0.717) is 31.6 Å². The zero-order chi connectivity index (χ0) is 26.7. The highest BCUT2D eigenvalue weighted by Gasteiger charge is 2.34. The molecule has 3 amide bonds. The van der Waals surface area contributed by atoms with Crippen molar-refractivity contribution in [3.63, 3.8) is 0 Å². The summed E-state index contributed by atoms with van der Waals surface area (Å²) in [5.41, 5.74) is 3.53. The van der Waals surface area contributed by atoms with Crippen molar-refractivity contribution >= 4 is 84.4 Å². The Kier molecular flexibility index (Phi) is 8.21. The maximum absolute atomic E-state index is 13.3. The van der Waals surface area contributed by atoms with Gasteiger partial charge in [0.05, 0.1) is 10.2 Å². The van der Waals surface area contributed by atoms with Gasteiger partial charge in [-0.1, -0.05) is 51.8 Å². The molecule has 3 aromatic rings. The first-order valence-corrected chi connectivity index (χ1v) is 13.1. The van der Waals surface area contributed by atoms with Crippen LogP contribution in [-0.4, -0.2) is 29.4 Å². The van der Waals surface area contributed by atoms with Crippen molar-refractivity contribution in [3.05, 3.63) is 91.9 Å². The number of carbonyl (C=O) groups is 3. The Morgan fingerprint density at radius 3 is 2.51 bits per heavy atom. The van der Waals surface area contributed by atoms with E-state index < -0.39 is 11.8 Å². The van der Waals surface area contributed by atoms with Gasteiger partial charge in [-0.2, -0.15) is 0 Å². The number of hydrogen-bond donors (Lipinski definition) is 2. The third-order valence-electron chi connectivity index (χ3n) is 5.46. The van der Waals surface area contributed by atoms with Crippen molar-refractivity contribution in [1.29, 1.82) is 0 Å². The molecule has 0 unspecified atom stereocenters. The predicted octanol–water partition coefficient (Wildman–Crippen LogP) is 5.68. The van der Waals surface area contributed by atoms with Gasteiger partial charge in [0.15, 0.2) is 11.7 Å². The molecular weight excluding hydrogens is 622 g/mol. The van der Waals surface area contributed by atoms with Crippen LogP contribution in [0.1, 0.15) is 16.7 Å². The van der Waals surface area contributed by atoms with E-state index in [1.165, 1.54) is 11.0 Å². The minimum atomic E-state index is -0.628. The van der Waals surface area contributed by atoms with E-state index in [-0.39, 0.29) is 23.2 Å². The summed E-state index contributed by atoms with van der Waals surface area (Å²) in [6.45, 7) is 3.60. The number of benzene rings is 3. The highest BCUT2D eigenvalue weighted by atomic mass is 79.9. The maximum atomic E-state index is 13.3. The summed E-state index contributed by atoms with van der Waals surface area (Å²) >= 11 is 12.1. The van der Waals surface area contributed by atoms with Crippen molar-refractivity contribution < 1.29 is 19.1 Å². The minimum Gasteiger partial charge on any atom is -0.482 e. The second-order valence-corrected chi connectivity index (χ2v) is 10.4. The number of ether oxygens (including phenoxy) is 1. The van der Waals surface area contributed by atoms with E-state index >= 15 is 0 Å². The Balaban J connectivity index is 1.61. The number of nitrogens with zero attached hydrogens (tertiary/aromatic N) is 1. The van der Waals surface area contributed by atoms with Gasteiger partial charge in [-0.3, -0.25) is 24.6 Å². The van der Waals surface area contributed by atoms with Crippen LogP contribution in [0, 0.1) is 13.8 Å². The van der Waals surface area contributed by atoms with E-state index in [4.69, 9.17) is 17.0 Å². The Hall–Kier alpha value is -3.34. The van der Waals surface area contributed by atoms with Crippen LogP contribution in [0.15, 0.2) is 75.2 Å².